The van der Waals surface area contributed by atoms with Crippen molar-refractivity contribution < 1.29 is 19.9 Å². The van der Waals surface area contributed by atoms with Crippen molar-refractivity contribution in [3.63, 3.8) is 0 Å². The summed E-state index contributed by atoms with van der Waals surface area (Å²) in [5.74, 6) is -0.892. The number of carbonyl (C=O) groups is 1. The molecule has 0 saturated heterocycles. The van der Waals surface area contributed by atoms with E-state index in [2.05, 4.69) is 10.5 Å². The number of amides is 1. The highest BCUT2D eigenvalue weighted by Gasteiger charge is 2.11. The molecule has 0 aliphatic rings. The van der Waals surface area contributed by atoms with Crippen LogP contribution in [0.15, 0.2) is 47.6 Å². The SMILES string of the molecule is C/C(=N/NC(=O)c1cccc([N+](=O)[O-])c1)c1cc(O)cc(O)c1. The van der Waals surface area contributed by atoms with Gasteiger partial charge in [-0.05, 0) is 25.1 Å². The number of phenols is 2. The van der Waals surface area contributed by atoms with Crippen molar-refractivity contribution >= 4 is 17.3 Å². The minimum atomic E-state index is -0.613. The van der Waals surface area contributed by atoms with Gasteiger partial charge in [-0.15, -0.1) is 0 Å². The van der Waals surface area contributed by atoms with Gasteiger partial charge in [0.05, 0.1) is 10.6 Å². The number of nitrogens with one attached hydrogen (secondary N) is 1. The molecule has 1 amide bonds. The molecule has 0 unspecified atom stereocenters. The smallest absolute Gasteiger partial charge is 0.271 e. The number of nitro groups is 1. The number of rotatable bonds is 4. The number of hydrazone groups is 1. The molecule has 0 spiro atoms. The summed E-state index contributed by atoms with van der Waals surface area (Å²) < 4.78 is 0. The highest BCUT2D eigenvalue weighted by molar-refractivity contribution is 6.01. The molecule has 2 rings (SSSR count). The molecule has 0 bridgehead atoms. The van der Waals surface area contributed by atoms with E-state index in [1.54, 1.807) is 6.92 Å². The Morgan fingerprint density at radius 1 is 1.13 bits per heavy atom. The first-order chi connectivity index (χ1) is 10.9. The molecule has 8 nitrogen and oxygen atoms in total. The van der Waals surface area contributed by atoms with Crippen LogP contribution in [0.25, 0.3) is 0 Å². The minimum absolute atomic E-state index is 0.0921. The molecule has 0 heterocycles. The maximum Gasteiger partial charge on any atom is 0.271 e. The lowest BCUT2D eigenvalue weighted by molar-refractivity contribution is -0.384. The van der Waals surface area contributed by atoms with E-state index in [4.69, 9.17) is 0 Å². The Hall–Kier alpha value is -3.42. The lowest BCUT2D eigenvalue weighted by Gasteiger charge is -2.04. The number of hydrogen-bond donors (Lipinski definition) is 3. The van der Waals surface area contributed by atoms with Crippen molar-refractivity contribution in [3.05, 3.63) is 63.7 Å². The molecule has 3 N–H and O–H groups in total. The van der Waals surface area contributed by atoms with E-state index in [0.29, 0.717) is 11.3 Å². The van der Waals surface area contributed by atoms with Crippen LogP contribution in [0.2, 0.25) is 0 Å². The van der Waals surface area contributed by atoms with Crippen molar-refractivity contribution in [2.75, 3.05) is 0 Å². The fourth-order valence-electron chi connectivity index (χ4n) is 1.83. The second kappa shape index (κ2) is 6.56. The number of nitrogens with zero attached hydrogens (tertiary/aromatic N) is 2. The normalized spacial score (nSPS) is 11.1. The van der Waals surface area contributed by atoms with E-state index in [-0.39, 0.29) is 22.7 Å². The van der Waals surface area contributed by atoms with Crippen LogP contribution < -0.4 is 5.43 Å². The summed E-state index contributed by atoms with van der Waals surface area (Å²) in [4.78, 5) is 22.0. The number of carbonyl (C=O) groups excluding carboxylic acids is 1. The summed E-state index contributed by atoms with van der Waals surface area (Å²) in [6.45, 7) is 1.57. The maximum atomic E-state index is 11.9. The van der Waals surface area contributed by atoms with Gasteiger partial charge in [-0.25, -0.2) is 5.43 Å². The summed E-state index contributed by atoms with van der Waals surface area (Å²) in [6, 6.07) is 9.15. The molecule has 0 saturated carbocycles. The number of benzene rings is 2. The predicted octanol–water partition coefficient (Wildman–Crippen LogP) is 2.16. The molecule has 0 aliphatic heterocycles. The van der Waals surface area contributed by atoms with Gasteiger partial charge in [-0.1, -0.05) is 6.07 Å². The van der Waals surface area contributed by atoms with Crippen LogP contribution in [0.3, 0.4) is 0 Å². The summed E-state index contributed by atoms with van der Waals surface area (Å²) in [7, 11) is 0. The Morgan fingerprint density at radius 2 is 1.78 bits per heavy atom. The minimum Gasteiger partial charge on any atom is -0.508 e. The molecule has 0 radical (unpaired) electrons. The standard InChI is InChI=1S/C15H13N3O5/c1-9(11-6-13(19)8-14(20)7-11)16-17-15(21)10-3-2-4-12(5-10)18(22)23/h2-8,19-20H,1H3,(H,17,21)/b16-9-. The van der Waals surface area contributed by atoms with Gasteiger partial charge in [0.1, 0.15) is 11.5 Å². The van der Waals surface area contributed by atoms with E-state index < -0.39 is 10.8 Å². The molecule has 23 heavy (non-hydrogen) atoms. The third-order valence-electron chi connectivity index (χ3n) is 2.96. The van der Waals surface area contributed by atoms with Crippen molar-refractivity contribution in [3.8, 4) is 11.5 Å². The number of phenolic OH excluding ortho intramolecular Hbond substituents is 2. The number of non-ortho nitro benzene ring substituents is 1. The van der Waals surface area contributed by atoms with E-state index in [1.807, 2.05) is 0 Å². The van der Waals surface area contributed by atoms with Crippen LogP contribution in [0.4, 0.5) is 5.69 Å². The Bertz CT molecular complexity index is 781. The average Bonchev–Trinajstić information content (AvgIpc) is 2.51. The Morgan fingerprint density at radius 3 is 2.39 bits per heavy atom. The van der Waals surface area contributed by atoms with Crippen molar-refractivity contribution in [1.29, 1.82) is 0 Å². The monoisotopic (exact) mass is 315 g/mol. The predicted molar refractivity (Wildman–Crippen MR) is 82.5 cm³/mol. The molecule has 8 heteroatoms. The van der Waals surface area contributed by atoms with E-state index in [1.165, 1.54) is 36.4 Å². The zero-order valence-corrected chi connectivity index (χ0v) is 12.1. The van der Waals surface area contributed by atoms with E-state index in [0.717, 1.165) is 6.07 Å². The average molecular weight is 315 g/mol. The largest absolute Gasteiger partial charge is 0.508 e. The third-order valence-corrected chi connectivity index (χ3v) is 2.96. The quantitative estimate of drug-likeness (QED) is 0.453. The first kappa shape index (κ1) is 16.0. The van der Waals surface area contributed by atoms with Gasteiger partial charge in [0.15, 0.2) is 0 Å². The molecular weight excluding hydrogens is 302 g/mol. The van der Waals surface area contributed by atoms with Crippen LogP contribution in [-0.4, -0.2) is 26.8 Å². The zero-order valence-electron chi connectivity index (χ0n) is 12.1. The van der Waals surface area contributed by atoms with E-state index >= 15 is 0 Å². The van der Waals surface area contributed by atoms with E-state index in [9.17, 15) is 25.1 Å². The highest BCUT2D eigenvalue weighted by atomic mass is 16.6. The molecule has 2 aromatic carbocycles. The molecule has 0 fully saturated rings. The fraction of sp³-hybridized carbons (Fsp3) is 0.0667. The summed E-state index contributed by atoms with van der Waals surface area (Å²) >= 11 is 0. The zero-order chi connectivity index (χ0) is 17.0. The lowest BCUT2D eigenvalue weighted by atomic mass is 10.1. The summed E-state index contributed by atoms with van der Waals surface area (Å²) in [5, 5.41) is 33.4. The number of hydrogen-bond acceptors (Lipinski definition) is 6. The maximum absolute atomic E-state index is 11.9. The molecular formula is C15H13N3O5. The fourth-order valence-corrected chi connectivity index (χ4v) is 1.83. The van der Waals surface area contributed by atoms with Crippen LogP contribution in [0.5, 0.6) is 11.5 Å². The van der Waals surface area contributed by atoms with Gasteiger partial charge >= 0.3 is 0 Å². The Labute approximate surface area is 130 Å². The van der Waals surface area contributed by atoms with Gasteiger partial charge in [-0.3, -0.25) is 14.9 Å². The summed E-state index contributed by atoms with van der Waals surface area (Å²) in [5.41, 5.74) is 2.92. The van der Waals surface area contributed by atoms with Crippen molar-refractivity contribution in [2.45, 2.75) is 6.92 Å². The topological polar surface area (TPSA) is 125 Å². The van der Waals surface area contributed by atoms with Gasteiger partial charge in [-0.2, -0.15) is 5.10 Å². The van der Waals surface area contributed by atoms with Crippen LogP contribution in [-0.2, 0) is 0 Å². The highest BCUT2D eigenvalue weighted by Crippen LogP contribution is 2.20. The van der Waals surface area contributed by atoms with Crippen molar-refractivity contribution in [1.82, 2.24) is 5.43 Å². The Kier molecular flexibility index (Phi) is 4.55. The third kappa shape index (κ3) is 4.03. The molecule has 0 atom stereocenters. The molecule has 118 valence electrons. The Balaban J connectivity index is 2.17. The number of aromatic hydroxyl groups is 2. The van der Waals surface area contributed by atoms with Gasteiger partial charge < -0.3 is 10.2 Å². The summed E-state index contributed by atoms with van der Waals surface area (Å²) in [6.07, 6.45) is 0. The second-order valence-electron chi connectivity index (χ2n) is 4.68. The van der Waals surface area contributed by atoms with Gasteiger partial charge in [0.2, 0.25) is 0 Å². The van der Waals surface area contributed by atoms with Gasteiger partial charge in [0.25, 0.3) is 11.6 Å². The lowest BCUT2D eigenvalue weighted by Crippen LogP contribution is -2.19. The first-order valence-electron chi connectivity index (χ1n) is 6.49. The second-order valence-corrected chi connectivity index (χ2v) is 4.68. The molecule has 0 aliphatic carbocycles. The van der Waals surface area contributed by atoms with Gasteiger partial charge in [0, 0.05) is 29.3 Å². The first-order valence-corrected chi connectivity index (χ1v) is 6.49. The molecule has 2 aromatic rings. The van der Waals surface area contributed by atoms with Crippen molar-refractivity contribution in [2.24, 2.45) is 5.10 Å². The van der Waals surface area contributed by atoms with Crippen LogP contribution in [0, 0.1) is 10.1 Å². The molecule has 0 aromatic heterocycles. The van der Waals surface area contributed by atoms with Crippen LogP contribution in [0.1, 0.15) is 22.8 Å². The number of nitro benzene ring substituents is 1. The van der Waals surface area contributed by atoms with Crippen LogP contribution >= 0.6 is 0 Å².